The molecule has 3 aromatic rings. The molecule has 1 N–H and O–H groups in total. The fourth-order valence-electron chi connectivity index (χ4n) is 2.43. The second-order valence-corrected chi connectivity index (χ2v) is 5.09. The van der Waals surface area contributed by atoms with Gasteiger partial charge in [-0.1, -0.05) is 0 Å². The minimum atomic E-state index is -0.188. The summed E-state index contributed by atoms with van der Waals surface area (Å²) in [5, 5.41) is 2.85. The van der Waals surface area contributed by atoms with Gasteiger partial charge < -0.3 is 19.2 Å². The van der Waals surface area contributed by atoms with Crippen LogP contribution in [-0.2, 0) is 0 Å². The fraction of sp³-hybridized carbons (Fsp3) is 0.125. The number of benzene rings is 1. The lowest BCUT2D eigenvalue weighted by Crippen LogP contribution is -2.12. The number of carbonyl (C=O) groups excluding carboxylic acids is 1. The van der Waals surface area contributed by atoms with E-state index in [1.165, 1.54) is 0 Å². The van der Waals surface area contributed by atoms with Gasteiger partial charge in [0.1, 0.15) is 5.65 Å². The highest BCUT2D eigenvalue weighted by molar-refractivity contribution is 6.04. The largest absolute Gasteiger partial charge is 0.454 e. The number of anilines is 1. The molecule has 0 aliphatic carbocycles. The van der Waals surface area contributed by atoms with Gasteiger partial charge in [0.2, 0.25) is 6.79 Å². The van der Waals surface area contributed by atoms with Gasteiger partial charge in [0.25, 0.3) is 5.91 Å². The van der Waals surface area contributed by atoms with E-state index >= 15 is 0 Å². The first-order valence-electron chi connectivity index (χ1n) is 6.85. The molecule has 1 amide bonds. The van der Waals surface area contributed by atoms with Crippen LogP contribution >= 0.6 is 0 Å². The molecule has 0 saturated heterocycles. The molecule has 4 rings (SSSR count). The molecule has 1 aromatic carbocycles. The van der Waals surface area contributed by atoms with E-state index in [0.29, 0.717) is 22.7 Å². The average molecular weight is 295 g/mol. The number of aromatic nitrogens is 2. The molecule has 6 heteroatoms. The molecule has 2 aromatic heterocycles. The summed E-state index contributed by atoms with van der Waals surface area (Å²) < 4.78 is 12.4. The van der Waals surface area contributed by atoms with Crippen LogP contribution in [0.25, 0.3) is 5.65 Å². The van der Waals surface area contributed by atoms with Crippen molar-refractivity contribution in [3.8, 4) is 11.5 Å². The van der Waals surface area contributed by atoms with Gasteiger partial charge in [-0.2, -0.15) is 0 Å². The Balaban J connectivity index is 1.60. The molecule has 0 unspecified atom stereocenters. The molecular formula is C16H13N3O3. The van der Waals surface area contributed by atoms with E-state index < -0.39 is 0 Å². The monoisotopic (exact) mass is 295 g/mol. The SMILES string of the molecule is Cc1cn2cc(C(=O)Nc3ccc4c(c3)OCO4)ccc2n1. The van der Waals surface area contributed by atoms with Crippen LogP contribution in [0.5, 0.6) is 11.5 Å². The van der Waals surface area contributed by atoms with Gasteiger partial charge in [-0.05, 0) is 31.2 Å². The van der Waals surface area contributed by atoms with Gasteiger partial charge in [0, 0.05) is 24.1 Å². The van der Waals surface area contributed by atoms with Crippen molar-refractivity contribution in [3.05, 3.63) is 54.0 Å². The van der Waals surface area contributed by atoms with Crippen molar-refractivity contribution in [1.29, 1.82) is 0 Å². The minimum absolute atomic E-state index is 0.188. The average Bonchev–Trinajstić information content (AvgIpc) is 3.10. The summed E-state index contributed by atoms with van der Waals surface area (Å²) in [7, 11) is 0. The number of carbonyl (C=O) groups is 1. The van der Waals surface area contributed by atoms with Crippen LogP contribution in [0.3, 0.4) is 0 Å². The summed E-state index contributed by atoms with van der Waals surface area (Å²) in [6.45, 7) is 2.13. The van der Waals surface area contributed by atoms with Crippen molar-refractivity contribution in [3.63, 3.8) is 0 Å². The minimum Gasteiger partial charge on any atom is -0.454 e. The zero-order valence-corrected chi connectivity index (χ0v) is 11.9. The highest BCUT2D eigenvalue weighted by Gasteiger charge is 2.15. The third kappa shape index (κ3) is 2.14. The van der Waals surface area contributed by atoms with E-state index in [1.54, 1.807) is 30.5 Å². The number of amides is 1. The van der Waals surface area contributed by atoms with Crippen molar-refractivity contribution in [2.75, 3.05) is 12.1 Å². The summed E-state index contributed by atoms with van der Waals surface area (Å²) in [6.07, 6.45) is 3.64. The normalized spacial score (nSPS) is 12.6. The van der Waals surface area contributed by atoms with Crippen LogP contribution in [0.4, 0.5) is 5.69 Å². The Kier molecular flexibility index (Phi) is 2.75. The summed E-state index contributed by atoms with van der Waals surface area (Å²) in [4.78, 5) is 16.7. The number of nitrogens with zero attached hydrogens (tertiary/aromatic N) is 2. The van der Waals surface area contributed by atoms with E-state index in [1.807, 2.05) is 23.6 Å². The van der Waals surface area contributed by atoms with Crippen LogP contribution < -0.4 is 14.8 Å². The predicted molar refractivity (Wildman–Crippen MR) is 80.4 cm³/mol. The first-order valence-corrected chi connectivity index (χ1v) is 6.85. The number of ether oxygens (including phenoxy) is 2. The molecule has 110 valence electrons. The molecule has 1 aliphatic rings. The summed E-state index contributed by atoms with van der Waals surface area (Å²) >= 11 is 0. The summed E-state index contributed by atoms with van der Waals surface area (Å²) in [5.74, 6) is 1.14. The van der Waals surface area contributed by atoms with Crippen molar-refractivity contribution < 1.29 is 14.3 Å². The Morgan fingerprint density at radius 2 is 2.05 bits per heavy atom. The molecule has 0 radical (unpaired) electrons. The zero-order valence-electron chi connectivity index (χ0n) is 11.9. The maximum atomic E-state index is 12.3. The summed E-state index contributed by atoms with van der Waals surface area (Å²) in [6, 6.07) is 8.89. The maximum absolute atomic E-state index is 12.3. The van der Waals surface area contributed by atoms with Crippen molar-refractivity contribution >= 4 is 17.2 Å². The molecule has 0 fully saturated rings. The van der Waals surface area contributed by atoms with Crippen molar-refractivity contribution in [2.24, 2.45) is 0 Å². The van der Waals surface area contributed by atoms with Gasteiger partial charge >= 0.3 is 0 Å². The first-order chi connectivity index (χ1) is 10.7. The Morgan fingerprint density at radius 3 is 2.95 bits per heavy atom. The Morgan fingerprint density at radius 1 is 1.18 bits per heavy atom. The lowest BCUT2D eigenvalue weighted by atomic mass is 10.2. The molecule has 0 atom stereocenters. The van der Waals surface area contributed by atoms with Gasteiger partial charge in [0.05, 0.1) is 11.3 Å². The first kappa shape index (κ1) is 12.7. The topological polar surface area (TPSA) is 64.9 Å². The molecule has 0 spiro atoms. The lowest BCUT2D eigenvalue weighted by Gasteiger charge is -2.06. The maximum Gasteiger partial charge on any atom is 0.257 e. The molecule has 0 bridgehead atoms. The Hall–Kier alpha value is -3.02. The van der Waals surface area contributed by atoms with Crippen LogP contribution in [0.1, 0.15) is 16.1 Å². The quantitative estimate of drug-likeness (QED) is 0.789. The van der Waals surface area contributed by atoms with Crippen LogP contribution in [-0.4, -0.2) is 22.1 Å². The second kappa shape index (κ2) is 4.77. The number of nitrogens with one attached hydrogen (secondary N) is 1. The number of fused-ring (bicyclic) bond motifs is 2. The zero-order chi connectivity index (χ0) is 15.1. The highest BCUT2D eigenvalue weighted by atomic mass is 16.7. The van der Waals surface area contributed by atoms with E-state index in [2.05, 4.69) is 10.3 Å². The number of imidazole rings is 1. The Bertz CT molecular complexity index is 885. The molecule has 0 saturated carbocycles. The van der Waals surface area contributed by atoms with Gasteiger partial charge in [-0.25, -0.2) is 4.98 Å². The van der Waals surface area contributed by atoms with Crippen molar-refractivity contribution in [1.82, 2.24) is 9.38 Å². The number of hydrogen-bond donors (Lipinski definition) is 1. The third-order valence-electron chi connectivity index (χ3n) is 3.46. The standard InChI is InChI=1S/C16H13N3O3/c1-10-7-19-8-11(2-5-15(19)17-10)16(20)18-12-3-4-13-14(6-12)22-9-21-13/h2-8H,9H2,1H3,(H,18,20). The van der Waals surface area contributed by atoms with Crippen LogP contribution in [0, 0.1) is 6.92 Å². The van der Waals surface area contributed by atoms with Gasteiger partial charge in [0.15, 0.2) is 11.5 Å². The molecule has 1 aliphatic heterocycles. The Labute approximate surface area is 126 Å². The van der Waals surface area contributed by atoms with Gasteiger partial charge in [-0.15, -0.1) is 0 Å². The molecule has 22 heavy (non-hydrogen) atoms. The highest BCUT2D eigenvalue weighted by Crippen LogP contribution is 2.34. The summed E-state index contributed by atoms with van der Waals surface area (Å²) in [5.41, 5.74) is 2.95. The van der Waals surface area contributed by atoms with Crippen LogP contribution in [0.15, 0.2) is 42.7 Å². The van der Waals surface area contributed by atoms with E-state index in [4.69, 9.17) is 9.47 Å². The number of pyridine rings is 1. The van der Waals surface area contributed by atoms with Crippen LogP contribution in [0.2, 0.25) is 0 Å². The predicted octanol–water partition coefficient (Wildman–Crippen LogP) is 2.62. The smallest absolute Gasteiger partial charge is 0.257 e. The third-order valence-corrected chi connectivity index (χ3v) is 3.46. The van der Waals surface area contributed by atoms with E-state index in [-0.39, 0.29) is 12.7 Å². The van der Waals surface area contributed by atoms with Gasteiger partial charge in [-0.3, -0.25) is 4.79 Å². The number of hydrogen-bond acceptors (Lipinski definition) is 4. The lowest BCUT2D eigenvalue weighted by molar-refractivity contribution is 0.102. The fourth-order valence-corrected chi connectivity index (χ4v) is 2.43. The van der Waals surface area contributed by atoms with Crippen molar-refractivity contribution in [2.45, 2.75) is 6.92 Å². The molecule has 6 nitrogen and oxygen atoms in total. The molecule has 3 heterocycles. The number of aryl methyl sites for hydroxylation is 1. The number of rotatable bonds is 2. The van der Waals surface area contributed by atoms with E-state index in [0.717, 1.165) is 11.3 Å². The van der Waals surface area contributed by atoms with E-state index in [9.17, 15) is 4.79 Å². The second-order valence-electron chi connectivity index (χ2n) is 5.09. The molecular weight excluding hydrogens is 282 g/mol.